The number of aliphatic hydroxyl groups is 1. The standard InChI is InChI=1S/C21H21FN2O4/c1-11(2)18-19(12-3-5-13(22)6-4-12)15-8-7-14(26)9-16(15)23-20(18)24-17(10-25)21(27)28/h3-9,11,17,25-26H,10H2,1-2H3,(H,23,24)(H,27,28)/t17-/m0/s1. The van der Waals surface area contributed by atoms with Gasteiger partial charge in [0.15, 0.2) is 0 Å². The first-order chi connectivity index (χ1) is 13.3. The minimum absolute atomic E-state index is 0.0187. The van der Waals surface area contributed by atoms with Crippen LogP contribution < -0.4 is 5.32 Å². The Bertz CT molecular complexity index is 1020. The third kappa shape index (κ3) is 3.75. The lowest BCUT2D eigenvalue weighted by Gasteiger charge is -2.23. The van der Waals surface area contributed by atoms with Gasteiger partial charge >= 0.3 is 5.97 Å². The molecule has 2 aromatic carbocycles. The Morgan fingerprint density at radius 2 is 1.86 bits per heavy atom. The molecule has 0 radical (unpaired) electrons. The van der Waals surface area contributed by atoms with Crippen molar-refractivity contribution < 1.29 is 24.5 Å². The van der Waals surface area contributed by atoms with Crippen LogP contribution in [-0.4, -0.2) is 38.9 Å². The second kappa shape index (κ2) is 7.82. The number of nitrogens with zero attached hydrogens (tertiary/aromatic N) is 1. The van der Waals surface area contributed by atoms with Crippen LogP contribution in [0.1, 0.15) is 25.3 Å². The molecule has 6 nitrogen and oxygen atoms in total. The average molecular weight is 384 g/mol. The maximum atomic E-state index is 13.5. The third-order valence-corrected chi connectivity index (χ3v) is 4.51. The summed E-state index contributed by atoms with van der Waals surface area (Å²) in [6, 6.07) is 9.52. The van der Waals surface area contributed by atoms with Crippen molar-refractivity contribution in [3.63, 3.8) is 0 Å². The van der Waals surface area contributed by atoms with Gasteiger partial charge in [0.05, 0.1) is 12.1 Å². The largest absolute Gasteiger partial charge is 0.508 e. The number of aliphatic hydroxyl groups excluding tert-OH is 1. The van der Waals surface area contributed by atoms with Crippen molar-refractivity contribution in [2.75, 3.05) is 11.9 Å². The summed E-state index contributed by atoms with van der Waals surface area (Å²) >= 11 is 0. The van der Waals surface area contributed by atoms with Gasteiger partial charge in [-0.3, -0.25) is 0 Å². The normalized spacial score (nSPS) is 12.3. The number of hydrogen-bond donors (Lipinski definition) is 4. The Balaban J connectivity index is 2.35. The Morgan fingerprint density at radius 3 is 2.43 bits per heavy atom. The smallest absolute Gasteiger partial charge is 0.328 e. The molecule has 0 saturated heterocycles. The van der Waals surface area contributed by atoms with E-state index in [1.807, 2.05) is 13.8 Å². The molecule has 1 heterocycles. The highest BCUT2D eigenvalue weighted by Gasteiger charge is 2.23. The summed E-state index contributed by atoms with van der Waals surface area (Å²) in [7, 11) is 0. The van der Waals surface area contributed by atoms with Crippen molar-refractivity contribution in [3.8, 4) is 16.9 Å². The number of nitrogens with one attached hydrogen (secondary N) is 1. The average Bonchev–Trinajstić information content (AvgIpc) is 2.65. The molecule has 1 atom stereocenters. The van der Waals surface area contributed by atoms with Gasteiger partial charge in [-0.2, -0.15) is 0 Å². The van der Waals surface area contributed by atoms with Crippen molar-refractivity contribution in [1.29, 1.82) is 0 Å². The maximum absolute atomic E-state index is 13.5. The first-order valence-corrected chi connectivity index (χ1v) is 8.84. The molecule has 4 N–H and O–H groups in total. The molecule has 0 aliphatic heterocycles. The first-order valence-electron chi connectivity index (χ1n) is 8.84. The summed E-state index contributed by atoms with van der Waals surface area (Å²) in [6.45, 7) is 3.27. The molecule has 0 unspecified atom stereocenters. The summed E-state index contributed by atoms with van der Waals surface area (Å²) in [5.74, 6) is -1.31. The highest BCUT2D eigenvalue weighted by molar-refractivity contribution is 5.99. The molecule has 3 rings (SSSR count). The molecule has 0 aliphatic rings. The van der Waals surface area contributed by atoms with Gasteiger partial charge in [0, 0.05) is 17.0 Å². The fourth-order valence-corrected chi connectivity index (χ4v) is 3.22. The summed E-state index contributed by atoms with van der Waals surface area (Å²) in [5.41, 5.74) is 2.70. The number of pyridine rings is 1. The Kier molecular flexibility index (Phi) is 5.46. The van der Waals surface area contributed by atoms with Crippen molar-refractivity contribution in [2.24, 2.45) is 0 Å². The molecule has 1 aromatic heterocycles. The van der Waals surface area contributed by atoms with Crippen LogP contribution in [0.2, 0.25) is 0 Å². The molecule has 0 amide bonds. The number of fused-ring (bicyclic) bond motifs is 1. The van der Waals surface area contributed by atoms with Gasteiger partial charge in [-0.15, -0.1) is 0 Å². The van der Waals surface area contributed by atoms with E-state index in [0.717, 1.165) is 22.1 Å². The van der Waals surface area contributed by atoms with Gasteiger partial charge in [0.25, 0.3) is 0 Å². The molecule has 3 aromatic rings. The number of hydrogen-bond acceptors (Lipinski definition) is 5. The Hall–Kier alpha value is -3.19. The molecule has 0 fully saturated rings. The Labute approximate surface area is 161 Å². The van der Waals surface area contributed by atoms with E-state index in [1.165, 1.54) is 18.2 Å². The predicted octanol–water partition coefficient (Wildman–Crippen LogP) is 3.73. The number of carboxylic acids is 1. The van der Waals surface area contributed by atoms with E-state index in [1.54, 1.807) is 24.3 Å². The van der Waals surface area contributed by atoms with Gasteiger partial charge in [0.1, 0.15) is 23.4 Å². The fraction of sp³-hybridized carbons (Fsp3) is 0.238. The topological polar surface area (TPSA) is 103 Å². The second-order valence-corrected chi connectivity index (χ2v) is 6.83. The van der Waals surface area contributed by atoms with E-state index >= 15 is 0 Å². The zero-order valence-corrected chi connectivity index (χ0v) is 15.5. The van der Waals surface area contributed by atoms with Crippen LogP contribution in [0.3, 0.4) is 0 Å². The van der Waals surface area contributed by atoms with Crippen LogP contribution in [0, 0.1) is 5.82 Å². The second-order valence-electron chi connectivity index (χ2n) is 6.83. The van der Waals surface area contributed by atoms with Crippen molar-refractivity contribution in [3.05, 3.63) is 53.8 Å². The Morgan fingerprint density at radius 1 is 1.18 bits per heavy atom. The number of carboxylic acid groups (broad SMARTS) is 1. The molecule has 0 bridgehead atoms. The monoisotopic (exact) mass is 384 g/mol. The van der Waals surface area contributed by atoms with Gasteiger partial charge in [0.2, 0.25) is 0 Å². The number of aromatic hydroxyl groups is 1. The van der Waals surface area contributed by atoms with Crippen LogP contribution in [0.5, 0.6) is 5.75 Å². The minimum atomic E-state index is -1.24. The van der Waals surface area contributed by atoms with Gasteiger partial charge in [-0.25, -0.2) is 14.2 Å². The third-order valence-electron chi connectivity index (χ3n) is 4.51. The highest BCUT2D eigenvalue weighted by Crippen LogP contribution is 2.40. The maximum Gasteiger partial charge on any atom is 0.328 e. The number of carbonyl (C=O) groups is 1. The van der Waals surface area contributed by atoms with Crippen LogP contribution >= 0.6 is 0 Å². The van der Waals surface area contributed by atoms with E-state index in [2.05, 4.69) is 10.3 Å². The molecule has 28 heavy (non-hydrogen) atoms. The number of benzene rings is 2. The quantitative estimate of drug-likeness (QED) is 0.516. The van der Waals surface area contributed by atoms with Crippen molar-refractivity contribution in [2.45, 2.75) is 25.8 Å². The van der Waals surface area contributed by atoms with Crippen molar-refractivity contribution in [1.82, 2.24) is 4.98 Å². The number of phenolic OH excluding ortho intramolecular Hbond substituents is 1. The van der Waals surface area contributed by atoms with E-state index in [4.69, 9.17) is 0 Å². The lowest BCUT2D eigenvalue weighted by molar-refractivity contribution is -0.138. The van der Waals surface area contributed by atoms with E-state index in [9.17, 15) is 24.5 Å². The summed E-state index contributed by atoms with van der Waals surface area (Å²) in [6.07, 6.45) is 0. The summed E-state index contributed by atoms with van der Waals surface area (Å²) < 4.78 is 13.5. The molecule has 0 spiro atoms. The van der Waals surface area contributed by atoms with Crippen molar-refractivity contribution >= 4 is 22.7 Å². The number of rotatable bonds is 6. The molecular weight excluding hydrogens is 363 g/mol. The SMILES string of the molecule is CC(C)c1c(N[C@@H](CO)C(=O)O)nc2cc(O)ccc2c1-c1ccc(F)cc1. The van der Waals surface area contributed by atoms with Crippen LogP contribution in [0.4, 0.5) is 10.2 Å². The first kappa shape index (κ1) is 19.6. The van der Waals surface area contributed by atoms with Crippen LogP contribution in [-0.2, 0) is 4.79 Å². The van der Waals surface area contributed by atoms with E-state index < -0.39 is 18.6 Å². The molecule has 7 heteroatoms. The number of halogens is 1. The number of anilines is 1. The number of aliphatic carboxylic acids is 1. The summed E-state index contributed by atoms with van der Waals surface area (Å²) in [5, 5.41) is 32.1. The predicted molar refractivity (Wildman–Crippen MR) is 105 cm³/mol. The molecule has 0 aliphatic carbocycles. The minimum Gasteiger partial charge on any atom is -0.508 e. The molecule has 146 valence electrons. The lowest BCUT2D eigenvalue weighted by Crippen LogP contribution is -2.33. The van der Waals surface area contributed by atoms with Crippen LogP contribution in [0.15, 0.2) is 42.5 Å². The number of phenols is 1. The number of aromatic nitrogens is 1. The molecule has 0 saturated carbocycles. The fourth-order valence-electron chi connectivity index (χ4n) is 3.22. The molecular formula is C21H21FN2O4. The van der Waals surface area contributed by atoms with Gasteiger partial charge in [-0.05, 0) is 41.3 Å². The van der Waals surface area contributed by atoms with Gasteiger partial charge in [-0.1, -0.05) is 26.0 Å². The van der Waals surface area contributed by atoms with E-state index in [0.29, 0.717) is 11.3 Å². The summed E-state index contributed by atoms with van der Waals surface area (Å²) in [4.78, 5) is 15.9. The zero-order chi connectivity index (χ0) is 20.4. The van der Waals surface area contributed by atoms with Gasteiger partial charge < -0.3 is 20.6 Å². The zero-order valence-electron chi connectivity index (χ0n) is 15.5. The lowest BCUT2D eigenvalue weighted by atomic mass is 9.89. The van der Waals surface area contributed by atoms with Crippen LogP contribution in [0.25, 0.3) is 22.0 Å². The highest BCUT2D eigenvalue weighted by atomic mass is 19.1. The van der Waals surface area contributed by atoms with E-state index in [-0.39, 0.29) is 17.5 Å².